The van der Waals surface area contributed by atoms with Crippen molar-refractivity contribution in [3.8, 4) is 6.07 Å². The quantitative estimate of drug-likeness (QED) is 0.881. The van der Waals surface area contributed by atoms with Crippen molar-refractivity contribution in [1.29, 1.82) is 5.26 Å². The fourth-order valence-corrected chi connectivity index (χ4v) is 1.73. The van der Waals surface area contributed by atoms with E-state index in [1.807, 2.05) is 24.3 Å². The lowest BCUT2D eigenvalue weighted by Crippen LogP contribution is -2.10. The number of halogens is 1. The number of rotatable bonds is 3. The van der Waals surface area contributed by atoms with Crippen LogP contribution in [-0.2, 0) is 0 Å². The van der Waals surface area contributed by atoms with Crippen LogP contribution in [0.1, 0.15) is 24.4 Å². The van der Waals surface area contributed by atoms with Crippen LogP contribution < -0.4 is 5.73 Å². The fraction of sp³-hybridized carbons (Fsp3) is 0.300. The van der Waals surface area contributed by atoms with Gasteiger partial charge in [-0.2, -0.15) is 5.26 Å². The van der Waals surface area contributed by atoms with Crippen LogP contribution >= 0.6 is 15.9 Å². The summed E-state index contributed by atoms with van der Waals surface area (Å²) < 4.78 is 1.01. The Morgan fingerprint density at radius 1 is 1.46 bits per heavy atom. The highest BCUT2D eigenvalue weighted by molar-refractivity contribution is 9.10. The van der Waals surface area contributed by atoms with E-state index in [4.69, 9.17) is 11.0 Å². The molecule has 68 valence electrons. The van der Waals surface area contributed by atoms with Crippen molar-refractivity contribution in [2.75, 3.05) is 0 Å². The van der Waals surface area contributed by atoms with Gasteiger partial charge in [0, 0.05) is 16.9 Å². The van der Waals surface area contributed by atoms with Gasteiger partial charge < -0.3 is 5.73 Å². The maximum absolute atomic E-state index is 8.41. The standard InChI is InChI=1S/C10H11BrN2/c11-9-5-2-1-4-8(9)10(13)6-3-7-12/h1-2,4-5,10H,3,6,13H2. The summed E-state index contributed by atoms with van der Waals surface area (Å²) in [5.41, 5.74) is 6.97. The molecule has 0 saturated carbocycles. The molecule has 2 N–H and O–H groups in total. The van der Waals surface area contributed by atoms with Gasteiger partial charge in [0.05, 0.1) is 6.07 Å². The third-order valence-electron chi connectivity index (χ3n) is 1.87. The highest BCUT2D eigenvalue weighted by Crippen LogP contribution is 2.24. The average Bonchev–Trinajstić information content (AvgIpc) is 2.15. The first-order chi connectivity index (χ1) is 6.25. The highest BCUT2D eigenvalue weighted by atomic mass is 79.9. The van der Waals surface area contributed by atoms with Gasteiger partial charge in [0.25, 0.3) is 0 Å². The molecule has 1 aromatic carbocycles. The van der Waals surface area contributed by atoms with E-state index in [1.54, 1.807) is 0 Å². The summed E-state index contributed by atoms with van der Waals surface area (Å²) in [6.45, 7) is 0. The summed E-state index contributed by atoms with van der Waals surface area (Å²) in [4.78, 5) is 0. The molecule has 3 heteroatoms. The largest absolute Gasteiger partial charge is 0.324 e. The van der Waals surface area contributed by atoms with Gasteiger partial charge >= 0.3 is 0 Å². The summed E-state index contributed by atoms with van der Waals surface area (Å²) in [7, 11) is 0. The van der Waals surface area contributed by atoms with Gasteiger partial charge in [-0.15, -0.1) is 0 Å². The first-order valence-electron chi connectivity index (χ1n) is 4.12. The lowest BCUT2D eigenvalue weighted by atomic mass is 10.0. The number of nitrogens with two attached hydrogens (primary N) is 1. The van der Waals surface area contributed by atoms with Crippen molar-refractivity contribution in [3.05, 3.63) is 34.3 Å². The Morgan fingerprint density at radius 2 is 2.15 bits per heavy atom. The van der Waals surface area contributed by atoms with Crippen molar-refractivity contribution in [2.45, 2.75) is 18.9 Å². The van der Waals surface area contributed by atoms with E-state index in [0.717, 1.165) is 10.0 Å². The van der Waals surface area contributed by atoms with Crippen molar-refractivity contribution >= 4 is 15.9 Å². The van der Waals surface area contributed by atoms with E-state index in [0.29, 0.717) is 12.8 Å². The minimum atomic E-state index is -0.0461. The van der Waals surface area contributed by atoms with Gasteiger partial charge in [0.15, 0.2) is 0 Å². The Labute approximate surface area is 86.5 Å². The van der Waals surface area contributed by atoms with E-state index in [-0.39, 0.29) is 6.04 Å². The molecule has 13 heavy (non-hydrogen) atoms. The van der Waals surface area contributed by atoms with Crippen LogP contribution in [0.3, 0.4) is 0 Å². The predicted molar refractivity (Wildman–Crippen MR) is 55.9 cm³/mol. The Bertz CT molecular complexity index is 317. The van der Waals surface area contributed by atoms with E-state index < -0.39 is 0 Å². The fourth-order valence-electron chi connectivity index (χ4n) is 1.15. The highest BCUT2D eigenvalue weighted by Gasteiger charge is 2.07. The second kappa shape index (κ2) is 5.00. The van der Waals surface area contributed by atoms with Crippen LogP contribution in [0.25, 0.3) is 0 Å². The van der Waals surface area contributed by atoms with Crippen LogP contribution in [0.4, 0.5) is 0 Å². The molecule has 0 amide bonds. The minimum Gasteiger partial charge on any atom is -0.324 e. The second-order valence-electron chi connectivity index (χ2n) is 2.82. The first-order valence-corrected chi connectivity index (χ1v) is 4.92. The zero-order chi connectivity index (χ0) is 9.68. The topological polar surface area (TPSA) is 49.8 Å². The molecular formula is C10H11BrN2. The average molecular weight is 239 g/mol. The van der Waals surface area contributed by atoms with Gasteiger partial charge in [-0.05, 0) is 18.1 Å². The molecule has 0 radical (unpaired) electrons. The van der Waals surface area contributed by atoms with E-state index in [2.05, 4.69) is 22.0 Å². The summed E-state index contributed by atoms with van der Waals surface area (Å²) in [5.74, 6) is 0. The third-order valence-corrected chi connectivity index (χ3v) is 2.59. The van der Waals surface area contributed by atoms with E-state index >= 15 is 0 Å². The van der Waals surface area contributed by atoms with Crippen molar-refractivity contribution in [2.24, 2.45) is 5.73 Å². The van der Waals surface area contributed by atoms with Crippen LogP contribution in [0.2, 0.25) is 0 Å². The Morgan fingerprint density at radius 3 is 2.77 bits per heavy atom. The molecule has 0 spiro atoms. The summed E-state index contributed by atoms with van der Waals surface area (Å²) in [6, 6.07) is 9.88. The molecule has 0 fully saturated rings. The minimum absolute atomic E-state index is 0.0461. The molecule has 0 aliphatic carbocycles. The predicted octanol–water partition coefficient (Wildman–Crippen LogP) is 2.75. The zero-order valence-corrected chi connectivity index (χ0v) is 8.79. The van der Waals surface area contributed by atoms with Gasteiger partial charge in [-0.3, -0.25) is 0 Å². The monoisotopic (exact) mass is 238 g/mol. The molecule has 0 heterocycles. The maximum Gasteiger partial charge on any atom is 0.0622 e. The van der Waals surface area contributed by atoms with E-state index in [9.17, 15) is 0 Å². The summed E-state index contributed by atoms with van der Waals surface area (Å²) in [5, 5.41) is 8.41. The van der Waals surface area contributed by atoms with Crippen LogP contribution in [0, 0.1) is 11.3 Å². The van der Waals surface area contributed by atoms with Crippen LogP contribution in [0.5, 0.6) is 0 Å². The zero-order valence-electron chi connectivity index (χ0n) is 7.20. The maximum atomic E-state index is 8.41. The lowest BCUT2D eigenvalue weighted by Gasteiger charge is -2.11. The van der Waals surface area contributed by atoms with Gasteiger partial charge in [0.2, 0.25) is 0 Å². The molecule has 0 saturated heterocycles. The molecule has 0 aromatic heterocycles. The molecule has 2 nitrogen and oxygen atoms in total. The normalized spacial score (nSPS) is 12.1. The van der Waals surface area contributed by atoms with Crippen molar-refractivity contribution < 1.29 is 0 Å². The second-order valence-corrected chi connectivity index (χ2v) is 3.68. The molecule has 1 rings (SSSR count). The summed E-state index contributed by atoms with van der Waals surface area (Å²) >= 11 is 3.43. The molecule has 1 atom stereocenters. The van der Waals surface area contributed by atoms with Crippen molar-refractivity contribution in [1.82, 2.24) is 0 Å². The van der Waals surface area contributed by atoms with Gasteiger partial charge in [-0.25, -0.2) is 0 Å². The number of hydrogen-bond donors (Lipinski definition) is 1. The lowest BCUT2D eigenvalue weighted by molar-refractivity contribution is 0.662. The smallest absolute Gasteiger partial charge is 0.0622 e. The summed E-state index contributed by atoms with van der Waals surface area (Å²) in [6.07, 6.45) is 1.21. The van der Waals surface area contributed by atoms with Gasteiger partial charge in [-0.1, -0.05) is 34.1 Å². The van der Waals surface area contributed by atoms with Crippen molar-refractivity contribution in [3.63, 3.8) is 0 Å². The number of hydrogen-bond acceptors (Lipinski definition) is 2. The molecule has 1 aromatic rings. The van der Waals surface area contributed by atoms with Crippen LogP contribution in [0.15, 0.2) is 28.7 Å². The van der Waals surface area contributed by atoms with Crippen LogP contribution in [-0.4, -0.2) is 0 Å². The molecule has 0 aliphatic heterocycles. The third kappa shape index (κ3) is 2.83. The Hall–Kier alpha value is -0.850. The molecule has 0 aliphatic rings. The molecule has 0 bridgehead atoms. The van der Waals surface area contributed by atoms with Gasteiger partial charge in [0.1, 0.15) is 0 Å². The van der Waals surface area contributed by atoms with E-state index in [1.165, 1.54) is 0 Å². The SMILES string of the molecule is N#CCCC(N)c1ccccc1Br. The number of nitriles is 1. The molecule has 1 unspecified atom stereocenters. The first kappa shape index (κ1) is 10.2. The number of benzene rings is 1. The number of nitrogens with zero attached hydrogens (tertiary/aromatic N) is 1. The Balaban J connectivity index is 2.72. The Kier molecular flexibility index (Phi) is 3.94. The molecular weight excluding hydrogens is 228 g/mol.